The van der Waals surface area contributed by atoms with E-state index >= 15 is 0 Å². The normalized spacial score (nSPS) is 18.7. The number of nitrogens with one attached hydrogen (secondary N) is 2. The summed E-state index contributed by atoms with van der Waals surface area (Å²) < 4.78 is 20.2. The number of aromatic hydroxyl groups is 1. The van der Waals surface area contributed by atoms with Crippen LogP contribution in [0.15, 0.2) is 36.5 Å². The van der Waals surface area contributed by atoms with Gasteiger partial charge in [0.25, 0.3) is 5.91 Å². The highest BCUT2D eigenvalue weighted by Crippen LogP contribution is 2.26. The lowest BCUT2D eigenvalue weighted by Gasteiger charge is -2.36. The van der Waals surface area contributed by atoms with Crippen molar-refractivity contribution in [3.8, 4) is 5.75 Å². The number of nitrogens with two attached hydrogens (primary N) is 1. The summed E-state index contributed by atoms with van der Waals surface area (Å²) >= 11 is 0. The molecule has 9 nitrogen and oxygen atoms in total. The zero-order valence-electron chi connectivity index (χ0n) is 18.3. The molecule has 0 saturated carbocycles. The van der Waals surface area contributed by atoms with Gasteiger partial charge in [0, 0.05) is 24.5 Å². The number of pyridine rings is 1. The van der Waals surface area contributed by atoms with Gasteiger partial charge in [-0.25, -0.2) is 14.2 Å². The number of amides is 2. The van der Waals surface area contributed by atoms with Crippen molar-refractivity contribution in [3.63, 3.8) is 0 Å². The Kier molecular flexibility index (Phi) is 6.71. The molecule has 0 unspecified atom stereocenters. The fourth-order valence-electron chi connectivity index (χ4n) is 3.29. The van der Waals surface area contributed by atoms with Crippen molar-refractivity contribution in [3.05, 3.63) is 42.1 Å². The van der Waals surface area contributed by atoms with Crippen LogP contribution < -0.4 is 16.4 Å². The lowest BCUT2D eigenvalue weighted by atomic mass is 10.0. The molecule has 0 spiro atoms. The molecule has 0 radical (unpaired) electrons. The predicted molar refractivity (Wildman–Crippen MR) is 119 cm³/mol. The summed E-state index contributed by atoms with van der Waals surface area (Å²) in [7, 11) is 0. The molecule has 1 fully saturated rings. The summed E-state index contributed by atoms with van der Waals surface area (Å²) in [6.07, 6.45) is -0.294. The molecule has 2 aromatic rings. The average Bonchev–Trinajstić information content (AvgIpc) is 2.70. The average molecular weight is 445 g/mol. The molecule has 1 aliphatic rings. The Morgan fingerprint density at radius 2 is 1.97 bits per heavy atom. The van der Waals surface area contributed by atoms with E-state index in [1.165, 1.54) is 23.2 Å². The summed E-state index contributed by atoms with van der Waals surface area (Å²) in [6.45, 7) is 5.45. The van der Waals surface area contributed by atoms with Crippen LogP contribution in [0.1, 0.15) is 37.6 Å². The van der Waals surface area contributed by atoms with E-state index in [1.54, 1.807) is 39.0 Å². The monoisotopic (exact) mass is 445 g/mol. The van der Waals surface area contributed by atoms with Gasteiger partial charge in [-0.2, -0.15) is 0 Å². The molecule has 2 heterocycles. The van der Waals surface area contributed by atoms with Gasteiger partial charge in [-0.05, 0) is 51.5 Å². The standard InChI is InChI=1S/C22H28FN5O4/c1-22(2,3)32-21(31)28-9-8-17(16(23)12-28)27-18-10-19(25-11-15(18)20(24)30)26-13-4-6-14(29)7-5-13/h4-7,10-11,16-17,29H,8-9,12H2,1-3H3,(H2,24,30)(H2,25,26,27)/t16-,17+/m0/s1. The van der Waals surface area contributed by atoms with Crippen molar-refractivity contribution in [2.75, 3.05) is 23.7 Å². The van der Waals surface area contributed by atoms with E-state index in [4.69, 9.17) is 10.5 Å². The van der Waals surface area contributed by atoms with Gasteiger partial charge < -0.3 is 31.1 Å². The molecular weight excluding hydrogens is 417 g/mol. The first-order valence-corrected chi connectivity index (χ1v) is 10.3. The minimum absolute atomic E-state index is 0.123. The first kappa shape index (κ1) is 23.1. The third-order valence-corrected chi connectivity index (χ3v) is 4.84. The maximum Gasteiger partial charge on any atom is 0.410 e. The van der Waals surface area contributed by atoms with Crippen molar-refractivity contribution >= 4 is 29.2 Å². The van der Waals surface area contributed by atoms with Gasteiger partial charge in [-0.3, -0.25) is 4.79 Å². The second kappa shape index (κ2) is 9.29. The van der Waals surface area contributed by atoms with Gasteiger partial charge in [-0.15, -0.1) is 0 Å². The number of ether oxygens (including phenoxy) is 1. The largest absolute Gasteiger partial charge is 0.508 e. The number of likely N-dealkylation sites (tertiary alicyclic amines) is 1. The van der Waals surface area contributed by atoms with Gasteiger partial charge >= 0.3 is 6.09 Å². The second-order valence-corrected chi connectivity index (χ2v) is 8.63. The van der Waals surface area contributed by atoms with Gasteiger partial charge in [-0.1, -0.05) is 0 Å². The first-order valence-electron chi connectivity index (χ1n) is 10.3. The number of alkyl halides is 1. The third kappa shape index (κ3) is 5.99. The minimum atomic E-state index is -1.38. The minimum Gasteiger partial charge on any atom is -0.508 e. The molecule has 0 bridgehead atoms. The number of halogens is 1. The number of benzene rings is 1. The molecule has 1 saturated heterocycles. The summed E-state index contributed by atoms with van der Waals surface area (Å²) in [6, 6.07) is 7.30. The Morgan fingerprint density at radius 1 is 1.28 bits per heavy atom. The Balaban J connectivity index is 1.72. The van der Waals surface area contributed by atoms with E-state index in [2.05, 4.69) is 15.6 Å². The van der Waals surface area contributed by atoms with Gasteiger partial charge in [0.2, 0.25) is 0 Å². The van der Waals surface area contributed by atoms with Crippen LogP contribution in [-0.4, -0.2) is 57.9 Å². The number of nitrogens with zero attached hydrogens (tertiary/aromatic N) is 2. The smallest absolute Gasteiger partial charge is 0.410 e. The van der Waals surface area contributed by atoms with E-state index in [-0.39, 0.29) is 17.9 Å². The van der Waals surface area contributed by atoms with Crippen molar-refractivity contribution in [2.45, 2.75) is 45.0 Å². The predicted octanol–water partition coefficient (Wildman–Crippen LogP) is 3.39. The van der Waals surface area contributed by atoms with Crippen LogP contribution >= 0.6 is 0 Å². The number of piperidine rings is 1. The van der Waals surface area contributed by atoms with Crippen LogP contribution in [0, 0.1) is 0 Å². The second-order valence-electron chi connectivity index (χ2n) is 8.63. The number of carbonyl (C=O) groups is 2. The Morgan fingerprint density at radius 3 is 2.56 bits per heavy atom. The number of phenolic OH excluding ortho intramolecular Hbond substituents is 1. The highest BCUT2D eigenvalue weighted by molar-refractivity contribution is 5.98. The van der Waals surface area contributed by atoms with Crippen molar-refractivity contribution in [1.29, 1.82) is 0 Å². The quantitative estimate of drug-likeness (QED) is 0.519. The molecule has 1 aromatic carbocycles. The van der Waals surface area contributed by atoms with Crippen LogP contribution in [-0.2, 0) is 4.74 Å². The molecule has 10 heteroatoms. The van der Waals surface area contributed by atoms with Crippen LogP contribution in [0.4, 0.5) is 26.4 Å². The molecule has 172 valence electrons. The number of anilines is 3. The number of carbonyl (C=O) groups excluding carboxylic acids is 2. The van der Waals surface area contributed by atoms with Crippen molar-refractivity contribution in [2.24, 2.45) is 5.73 Å². The molecule has 5 N–H and O–H groups in total. The topological polar surface area (TPSA) is 130 Å². The molecule has 1 aliphatic heterocycles. The number of hydrogen-bond acceptors (Lipinski definition) is 7. The molecule has 3 rings (SSSR count). The molecule has 2 atom stereocenters. The Labute approximate surface area is 185 Å². The number of hydrogen-bond donors (Lipinski definition) is 4. The zero-order chi connectivity index (χ0) is 23.5. The number of primary amides is 1. The van der Waals surface area contributed by atoms with Gasteiger partial charge in [0.15, 0.2) is 0 Å². The lowest BCUT2D eigenvalue weighted by Crippen LogP contribution is -2.51. The molecule has 0 aliphatic carbocycles. The Hall–Kier alpha value is -3.56. The van der Waals surface area contributed by atoms with E-state index in [9.17, 15) is 19.1 Å². The lowest BCUT2D eigenvalue weighted by molar-refractivity contribution is 0.0125. The zero-order valence-corrected chi connectivity index (χ0v) is 18.3. The summed E-state index contributed by atoms with van der Waals surface area (Å²) in [5, 5.41) is 15.5. The maximum absolute atomic E-state index is 14.9. The third-order valence-electron chi connectivity index (χ3n) is 4.84. The highest BCUT2D eigenvalue weighted by Gasteiger charge is 2.34. The SMILES string of the molecule is CC(C)(C)OC(=O)N1CC[C@@H](Nc2cc(Nc3ccc(O)cc3)ncc2C(N)=O)[C@@H](F)C1. The number of rotatable bonds is 5. The highest BCUT2D eigenvalue weighted by atomic mass is 19.1. The van der Waals surface area contributed by atoms with E-state index in [0.29, 0.717) is 30.2 Å². The van der Waals surface area contributed by atoms with Gasteiger partial charge in [0.05, 0.1) is 23.8 Å². The molecule has 1 aromatic heterocycles. The van der Waals surface area contributed by atoms with Crippen molar-refractivity contribution in [1.82, 2.24) is 9.88 Å². The van der Waals surface area contributed by atoms with E-state index in [0.717, 1.165) is 0 Å². The summed E-state index contributed by atoms with van der Waals surface area (Å²) in [4.78, 5) is 29.6. The van der Waals surface area contributed by atoms with Crippen LogP contribution in [0.5, 0.6) is 5.75 Å². The van der Waals surface area contributed by atoms with Crippen LogP contribution in [0.2, 0.25) is 0 Å². The fourth-order valence-corrected chi connectivity index (χ4v) is 3.29. The first-order chi connectivity index (χ1) is 15.0. The van der Waals surface area contributed by atoms with E-state index in [1.807, 2.05) is 0 Å². The summed E-state index contributed by atoms with van der Waals surface area (Å²) in [5.74, 6) is -0.163. The number of phenols is 1. The molecule has 2 amide bonds. The van der Waals surface area contributed by atoms with Crippen LogP contribution in [0.25, 0.3) is 0 Å². The molecule has 32 heavy (non-hydrogen) atoms. The van der Waals surface area contributed by atoms with E-state index < -0.39 is 29.8 Å². The summed E-state index contributed by atoms with van der Waals surface area (Å²) in [5.41, 5.74) is 5.94. The van der Waals surface area contributed by atoms with Crippen LogP contribution in [0.3, 0.4) is 0 Å². The fraction of sp³-hybridized carbons (Fsp3) is 0.409. The maximum atomic E-state index is 14.9. The number of aromatic nitrogens is 1. The van der Waals surface area contributed by atoms with Crippen molar-refractivity contribution < 1.29 is 23.8 Å². The molecular formula is C22H28FN5O4. The Bertz CT molecular complexity index is 977. The van der Waals surface area contributed by atoms with Gasteiger partial charge in [0.1, 0.15) is 23.3 Å².